The Morgan fingerprint density at radius 2 is 2.37 bits per heavy atom. The number of carbonyl (C=O) groups excluding carboxylic acids is 1. The lowest BCUT2D eigenvalue weighted by Crippen LogP contribution is -2.41. The Labute approximate surface area is 112 Å². The Kier molecular flexibility index (Phi) is 4.37. The fourth-order valence-electron chi connectivity index (χ4n) is 2.59. The minimum absolute atomic E-state index is 0.258. The van der Waals surface area contributed by atoms with Crippen molar-refractivity contribution in [2.75, 3.05) is 18.0 Å². The van der Waals surface area contributed by atoms with E-state index >= 15 is 0 Å². The van der Waals surface area contributed by atoms with Crippen molar-refractivity contribution < 1.29 is 9.18 Å². The highest BCUT2D eigenvalue weighted by Gasteiger charge is 2.30. The molecule has 1 unspecified atom stereocenters. The molecule has 1 aromatic carbocycles. The summed E-state index contributed by atoms with van der Waals surface area (Å²) in [5.41, 5.74) is 7.21. The molecular weight excluding hydrogens is 245 g/mol. The summed E-state index contributed by atoms with van der Waals surface area (Å²) in [7, 11) is 0. The van der Waals surface area contributed by atoms with E-state index in [1.807, 2.05) is 11.8 Å². The molecule has 0 aliphatic carbocycles. The average molecular weight is 265 g/mol. The van der Waals surface area contributed by atoms with Gasteiger partial charge in [-0.05, 0) is 43.1 Å². The lowest BCUT2D eigenvalue weighted by atomic mass is 10.1. The van der Waals surface area contributed by atoms with Crippen molar-refractivity contribution in [2.45, 2.75) is 32.4 Å². The summed E-state index contributed by atoms with van der Waals surface area (Å²) in [6, 6.07) is 4.42. The lowest BCUT2D eigenvalue weighted by molar-refractivity contribution is -0.119. The van der Waals surface area contributed by atoms with Crippen molar-refractivity contribution in [3.05, 3.63) is 29.6 Å². The van der Waals surface area contributed by atoms with E-state index in [9.17, 15) is 9.18 Å². The standard InChI is InChI=1S/C14H20FN3O/c1-2-17-9-10-8-11(15)5-6-12(10)18-7-3-4-13(18)14(16)19/h5-6,8,13,17H,2-4,7,9H2,1H3,(H2,16,19). The first-order valence-electron chi connectivity index (χ1n) is 6.68. The summed E-state index contributed by atoms with van der Waals surface area (Å²) < 4.78 is 13.4. The van der Waals surface area contributed by atoms with Crippen LogP contribution in [-0.4, -0.2) is 25.0 Å². The highest BCUT2D eigenvalue weighted by atomic mass is 19.1. The van der Waals surface area contributed by atoms with Gasteiger partial charge in [-0.25, -0.2) is 4.39 Å². The molecule has 2 rings (SSSR count). The van der Waals surface area contributed by atoms with Gasteiger partial charge in [0.2, 0.25) is 5.91 Å². The second kappa shape index (κ2) is 6.02. The molecule has 5 heteroatoms. The van der Waals surface area contributed by atoms with Gasteiger partial charge in [0.1, 0.15) is 11.9 Å². The van der Waals surface area contributed by atoms with Gasteiger partial charge in [-0.1, -0.05) is 6.92 Å². The number of nitrogens with two attached hydrogens (primary N) is 1. The smallest absolute Gasteiger partial charge is 0.240 e. The number of rotatable bonds is 5. The third-order valence-electron chi connectivity index (χ3n) is 3.50. The summed E-state index contributed by atoms with van der Waals surface area (Å²) in [6.07, 6.45) is 1.71. The molecule has 1 aliphatic rings. The molecule has 0 radical (unpaired) electrons. The third-order valence-corrected chi connectivity index (χ3v) is 3.50. The van der Waals surface area contributed by atoms with Crippen LogP contribution in [0.2, 0.25) is 0 Å². The van der Waals surface area contributed by atoms with E-state index in [0.29, 0.717) is 6.54 Å². The van der Waals surface area contributed by atoms with Crippen molar-refractivity contribution in [1.82, 2.24) is 5.32 Å². The minimum atomic E-state index is -0.309. The van der Waals surface area contributed by atoms with Crippen LogP contribution in [-0.2, 0) is 11.3 Å². The van der Waals surface area contributed by atoms with Crippen LogP contribution in [0.3, 0.4) is 0 Å². The fraction of sp³-hybridized carbons (Fsp3) is 0.500. The van der Waals surface area contributed by atoms with Gasteiger partial charge in [0, 0.05) is 18.8 Å². The van der Waals surface area contributed by atoms with Crippen LogP contribution in [0.5, 0.6) is 0 Å². The van der Waals surface area contributed by atoms with E-state index in [4.69, 9.17) is 5.73 Å². The fourth-order valence-corrected chi connectivity index (χ4v) is 2.59. The topological polar surface area (TPSA) is 58.4 Å². The van der Waals surface area contributed by atoms with Crippen LogP contribution >= 0.6 is 0 Å². The van der Waals surface area contributed by atoms with Crippen LogP contribution in [0.25, 0.3) is 0 Å². The molecular formula is C14H20FN3O. The monoisotopic (exact) mass is 265 g/mol. The van der Waals surface area contributed by atoms with E-state index in [-0.39, 0.29) is 17.8 Å². The summed E-state index contributed by atoms with van der Waals surface area (Å²) in [4.78, 5) is 13.5. The van der Waals surface area contributed by atoms with E-state index in [1.165, 1.54) is 12.1 Å². The van der Waals surface area contributed by atoms with Crippen molar-refractivity contribution in [3.63, 3.8) is 0 Å². The van der Waals surface area contributed by atoms with Gasteiger partial charge in [0.15, 0.2) is 0 Å². The Hall–Kier alpha value is -1.62. The maximum Gasteiger partial charge on any atom is 0.240 e. The molecule has 3 N–H and O–H groups in total. The molecule has 1 heterocycles. The van der Waals surface area contributed by atoms with E-state index in [0.717, 1.165) is 37.2 Å². The van der Waals surface area contributed by atoms with Crippen molar-refractivity contribution in [1.29, 1.82) is 0 Å². The highest BCUT2D eigenvalue weighted by molar-refractivity contribution is 5.84. The number of hydrogen-bond donors (Lipinski definition) is 2. The molecule has 104 valence electrons. The van der Waals surface area contributed by atoms with Gasteiger partial charge in [0.05, 0.1) is 0 Å². The van der Waals surface area contributed by atoms with Crippen LogP contribution in [0, 0.1) is 5.82 Å². The van der Waals surface area contributed by atoms with Crippen LogP contribution in [0.15, 0.2) is 18.2 Å². The van der Waals surface area contributed by atoms with Crippen LogP contribution in [0.4, 0.5) is 10.1 Å². The summed E-state index contributed by atoms with van der Waals surface area (Å²) in [6.45, 7) is 4.19. The van der Waals surface area contributed by atoms with Gasteiger partial charge in [-0.2, -0.15) is 0 Å². The number of nitrogens with zero attached hydrogens (tertiary/aromatic N) is 1. The average Bonchev–Trinajstić information content (AvgIpc) is 2.85. The summed E-state index contributed by atoms with van der Waals surface area (Å²) >= 11 is 0. The second-order valence-electron chi connectivity index (χ2n) is 4.81. The number of anilines is 1. The summed E-state index contributed by atoms with van der Waals surface area (Å²) in [5, 5.41) is 3.19. The van der Waals surface area contributed by atoms with E-state index in [1.54, 1.807) is 6.07 Å². The molecule has 1 amide bonds. The molecule has 0 saturated carbocycles. The number of primary amides is 1. The zero-order chi connectivity index (χ0) is 13.8. The van der Waals surface area contributed by atoms with Gasteiger partial charge < -0.3 is 16.0 Å². The molecule has 0 spiro atoms. The molecule has 19 heavy (non-hydrogen) atoms. The first-order chi connectivity index (χ1) is 9.13. The van der Waals surface area contributed by atoms with Crippen LogP contribution in [0.1, 0.15) is 25.3 Å². The Morgan fingerprint density at radius 3 is 3.05 bits per heavy atom. The van der Waals surface area contributed by atoms with Gasteiger partial charge in [0.25, 0.3) is 0 Å². The predicted octanol–water partition coefficient (Wildman–Crippen LogP) is 1.39. The quantitative estimate of drug-likeness (QED) is 0.846. The van der Waals surface area contributed by atoms with Crippen molar-refractivity contribution in [2.24, 2.45) is 5.73 Å². The number of halogens is 1. The van der Waals surface area contributed by atoms with Crippen molar-refractivity contribution >= 4 is 11.6 Å². The van der Waals surface area contributed by atoms with E-state index in [2.05, 4.69) is 5.32 Å². The summed E-state index contributed by atoms with van der Waals surface area (Å²) in [5.74, 6) is -0.567. The molecule has 0 bridgehead atoms. The zero-order valence-electron chi connectivity index (χ0n) is 11.2. The molecule has 4 nitrogen and oxygen atoms in total. The SMILES string of the molecule is CCNCc1cc(F)ccc1N1CCCC1C(N)=O. The Morgan fingerprint density at radius 1 is 1.58 bits per heavy atom. The van der Waals surface area contributed by atoms with Gasteiger partial charge >= 0.3 is 0 Å². The zero-order valence-corrected chi connectivity index (χ0v) is 11.2. The van der Waals surface area contributed by atoms with Crippen LogP contribution < -0.4 is 16.0 Å². The minimum Gasteiger partial charge on any atom is -0.368 e. The Balaban J connectivity index is 2.29. The molecule has 1 atom stereocenters. The normalized spacial score (nSPS) is 18.8. The first-order valence-corrected chi connectivity index (χ1v) is 6.68. The highest BCUT2D eigenvalue weighted by Crippen LogP contribution is 2.29. The molecule has 1 fully saturated rings. The first kappa shape index (κ1) is 13.8. The number of benzene rings is 1. The number of hydrogen-bond acceptors (Lipinski definition) is 3. The molecule has 0 aromatic heterocycles. The van der Waals surface area contributed by atoms with Gasteiger partial charge in [-0.3, -0.25) is 4.79 Å². The number of amides is 1. The van der Waals surface area contributed by atoms with Crippen molar-refractivity contribution in [3.8, 4) is 0 Å². The maximum absolute atomic E-state index is 13.4. The lowest BCUT2D eigenvalue weighted by Gasteiger charge is -2.27. The predicted molar refractivity (Wildman–Crippen MR) is 73.3 cm³/mol. The number of nitrogens with one attached hydrogen (secondary N) is 1. The molecule has 1 aromatic rings. The van der Waals surface area contributed by atoms with E-state index < -0.39 is 0 Å². The second-order valence-corrected chi connectivity index (χ2v) is 4.81. The number of carbonyl (C=O) groups is 1. The largest absolute Gasteiger partial charge is 0.368 e. The molecule has 1 aliphatic heterocycles. The Bertz CT molecular complexity index is 464. The van der Waals surface area contributed by atoms with Gasteiger partial charge in [-0.15, -0.1) is 0 Å². The third kappa shape index (κ3) is 3.04. The molecule has 1 saturated heterocycles. The maximum atomic E-state index is 13.4.